The summed E-state index contributed by atoms with van der Waals surface area (Å²) in [5, 5.41) is 0. The third-order valence-electron chi connectivity index (χ3n) is 2.70. The van der Waals surface area contributed by atoms with Crippen LogP contribution in [0.1, 0.15) is 11.3 Å². The van der Waals surface area contributed by atoms with Crippen molar-refractivity contribution in [2.75, 3.05) is 18.6 Å². The highest BCUT2D eigenvalue weighted by Crippen LogP contribution is 2.37. The molecule has 2 heterocycles. The molecule has 0 saturated carbocycles. The minimum atomic E-state index is -4.42. The van der Waals surface area contributed by atoms with Gasteiger partial charge in [0.2, 0.25) is 0 Å². The molecule has 0 unspecified atom stereocenters. The molecule has 2 rings (SSSR count). The van der Waals surface area contributed by atoms with E-state index < -0.39 is 23.9 Å². The number of fused-ring (bicyclic) bond motifs is 1. The summed E-state index contributed by atoms with van der Waals surface area (Å²) in [6, 6.07) is 3.50. The number of hydrogen-bond donors (Lipinski definition) is 4. The molecule has 0 spiro atoms. The second kappa shape index (κ2) is 7.94. The first-order valence-corrected chi connectivity index (χ1v) is 12.6. The van der Waals surface area contributed by atoms with Gasteiger partial charge >= 0.3 is 7.60 Å². The van der Waals surface area contributed by atoms with Gasteiger partial charge in [-0.3, -0.25) is 4.57 Å². The topological polar surface area (TPSA) is 130 Å². The highest BCUT2D eigenvalue weighted by molar-refractivity contribution is 7.98. The Morgan fingerprint density at radius 2 is 1.96 bits per heavy atom. The largest absolute Gasteiger partial charge is 0.340 e. The third kappa shape index (κ3) is 5.80. The smallest absolute Gasteiger partial charge is 0.330 e. The summed E-state index contributed by atoms with van der Waals surface area (Å²) in [5.41, 5.74) is 5.44. The average molecular weight is 417 g/mol. The lowest BCUT2D eigenvalue weighted by atomic mass is 10.5. The molecule has 0 aliphatic rings. The van der Waals surface area contributed by atoms with Crippen LogP contribution < -0.4 is 10.5 Å². The van der Waals surface area contributed by atoms with Crippen molar-refractivity contribution in [1.82, 2.24) is 4.72 Å². The first-order valence-electron chi connectivity index (χ1n) is 6.55. The highest BCUT2D eigenvalue weighted by atomic mass is 32.2. The molecule has 0 aliphatic heterocycles. The lowest BCUT2D eigenvalue weighted by molar-refractivity contribution is 0.371. The van der Waals surface area contributed by atoms with E-state index in [1.165, 1.54) is 16.2 Å². The Bertz CT molecular complexity index is 778. The van der Waals surface area contributed by atoms with Gasteiger partial charge in [0.25, 0.3) is 10.0 Å². The summed E-state index contributed by atoms with van der Waals surface area (Å²) in [4.78, 5) is 18.7. The molecule has 0 aromatic carbocycles. The van der Waals surface area contributed by atoms with Gasteiger partial charge in [0.15, 0.2) is 0 Å². The first-order chi connectivity index (χ1) is 10.7. The molecule has 0 atom stereocenters. The molecule has 0 aliphatic carbocycles. The summed E-state index contributed by atoms with van der Waals surface area (Å²) >= 11 is 4.41. The Balaban J connectivity index is 2.06. The van der Waals surface area contributed by atoms with Gasteiger partial charge in [0.05, 0.1) is 0 Å². The van der Waals surface area contributed by atoms with E-state index in [1.807, 2.05) is 10.8 Å². The molecular weight excluding hydrogens is 399 g/mol. The maximum absolute atomic E-state index is 12.0. The lowest BCUT2D eigenvalue weighted by Gasteiger charge is -2.05. The van der Waals surface area contributed by atoms with Crippen LogP contribution in [0, 0.1) is 0 Å². The zero-order valence-electron chi connectivity index (χ0n) is 12.0. The maximum atomic E-state index is 12.0. The molecule has 12 heteroatoms. The van der Waals surface area contributed by atoms with Crippen molar-refractivity contribution < 1.29 is 22.8 Å². The van der Waals surface area contributed by atoms with Crippen LogP contribution in [0.5, 0.6) is 0 Å². The van der Waals surface area contributed by atoms with E-state index in [0.717, 1.165) is 38.7 Å². The van der Waals surface area contributed by atoms with Crippen molar-refractivity contribution in [3.8, 4) is 0 Å². The summed E-state index contributed by atoms with van der Waals surface area (Å²) in [6.07, 6.45) is 0.0714. The van der Waals surface area contributed by atoms with Crippen LogP contribution in [-0.4, -0.2) is 36.8 Å². The van der Waals surface area contributed by atoms with Crippen molar-refractivity contribution in [2.45, 2.75) is 16.4 Å². The van der Waals surface area contributed by atoms with Crippen LogP contribution in [0.25, 0.3) is 9.40 Å². The fraction of sp³-hybridized carbons (Fsp3) is 0.455. The van der Waals surface area contributed by atoms with Crippen LogP contribution in [0.15, 0.2) is 16.3 Å². The number of nitrogens with one attached hydrogen (secondary N) is 1. The standard InChI is InChI=1S/C11H17N2O5PS4/c12-2-1-3-20-6-8-4-9-10(21-8)5-11(22-9)23(17,18)13-7-19(14,15)16/h4-5,13H,1-3,6-7,12H2,(H2,14,15,16). The van der Waals surface area contributed by atoms with Crippen LogP contribution in [0.2, 0.25) is 0 Å². The van der Waals surface area contributed by atoms with Crippen LogP contribution >= 0.6 is 42.0 Å². The third-order valence-corrected chi connectivity index (χ3v) is 8.93. The average Bonchev–Trinajstić information content (AvgIpc) is 2.99. The first kappa shape index (κ1) is 19.4. The minimum Gasteiger partial charge on any atom is -0.330 e. The number of sulfonamides is 1. The molecule has 7 nitrogen and oxygen atoms in total. The van der Waals surface area contributed by atoms with E-state index in [4.69, 9.17) is 15.5 Å². The Morgan fingerprint density at radius 3 is 2.57 bits per heavy atom. The van der Waals surface area contributed by atoms with Gasteiger partial charge in [-0.25, -0.2) is 8.42 Å². The second-order valence-corrected chi connectivity index (χ2v) is 11.7. The van der Waals surface area contributed by atoms with Gasteiger partial charge in [0.1, 0.15) is 10.5 Å². The van der Waals surface area contributed by atoms with Gasteiger partial charge in [-0.2, -0.15) is 16.5 Å². The highest BCUT2D eigenvalue weighted by Gasteiger charge is 2.23. The molecule has 2 aromatic rings. The van der Waals surface area contributed by atoms with E-state index in [9.17, 15) is 13.0 Å². The van der Waals surface area contributed by atoms with Crippen molar-refractivity contribution in [3.05, 3.63) is 17.0 Å². The summed E-state index contributed by atoms with van der Waals surface area (Å²) < 4.78 is 38.6. The van der Waals surface area contributed by atoms with E-state index in [2.05, 4.69) is 0 Å². The van der Waals surface area contributed by atoms with E-state index >= 15 is 0 Å². The summed E-state index contributed by atoms with van der Waals surface area (Å²) in [5.74, 6) is 1.86. The minimum absolute atomic E-state index is 0.0644. The molecule has 0 fully saturated rings. The number of thiophene rings is 2. The predicted octanol–water partition coefficient (Wildman–Crippen LogP) is 1.96. The van der Waals surface area contributed by atoms with E-state index in [1.54, 1.807) is 17.8 Å². The maximum Gasteiger partial charge on any atom is 0.340 e. The molecular formula is C11H17N2O5PS4. The summed E-state index contributed by atoms with van der Waals surface area (Å²) in [7, 11) is -8.32. The fourth-order valence-electron chi connectivity index (χ4n) is 1.67. The summed E-state index contributed by atoms with van der Waals surface area (Å²) in [6.45, 7) is 0.676. The number of rotatable bonds is 9. The van der Waals surface area contributed by atoms with Crippen molar-refractivity contribution in [1.29, 1.82) is 0 Å². The normalized spacial score (nSPS) is 13.0. The number of hydrogen-bond acceptors (Lipinski definition) is 7. The van der Waals surface area contributed by atoms with Gasteiger partial charge in [-0.15, -0.1) is 22.7 Å². The molecule has 23 heavy (non-hydrogen) atoms. The van der Waals surface area contributed by atoms with Crippen LogP contribution in [-0.2, 0) is 20.3 Å². The number of thioether (sulfide) groups is 1. The van der Waals surface area contributed by atoms with Crippen molar-refractivity contribution in [2.24, 2.45) is 5.73 Å². The van der Waals surface area contributed by atoms with E-state index in [0.29, 0.717) is 6.54 Å². The monoisotopic (exact) mass is 416 g/mol. The Labute approximate surface area is 146 Å². The molecule has 0 amide bonds. The fourth-order valence-corrected chi connectivity index (χ4v) is 7.63. The van der Waals surface area contributed by atoms with Gasteiger partial charge in [-0.1, -0.05) is 0 Å². The van der Waals surface area contributed by atoms with Gasteiger partial charge in [-0.05, 0) is 30.9 Å². The van der Waals surface area contributed by atoms with Crippen LogP contribution in [0.3, 0.4) is 0 Å². The zero-order valence-corrected chi connectivity index (χ0v) is 16.1. The quantitative estimate of drug-likeness (QED) is 0.363. The Kier molecular flexibility index (Phi) is 6.68. The molecule has 0 bridgehead atoms. The molecule has 5 N–H and O–H groups in total. The lowest BCUT2D eigenvalue weighted by Crippen LogP contribution is -2.23. The molecule has 0 radical (unpaired) electrons. The van der Waals surface area contributed by atoms with E-state index in [-0.39, 0.29) is 4.21 Å². The van der Waals surface area contributed by atoms with Gasteiger partial charge < -0.3 is 15.5 Å². The molecule has 130 valence electrons. The van der Waals surface area contributed by atoms with Crippen molar-refractivity contribution in [3.63, 3.8) is 0 Å². The van der Waals surface area contributed by atoms with Crippen LogP contribution in [0.4, 0.5) is 0 Å². The Morgan fingerprint density at radius 1 is 1.26 bits per heavy atom. The second-order valence-electron chi connectivity index (χ2n) is 4.67. The van der Waals surface area contributed by atoms with Crippen molar-refractivity contribution >= 4 is 61.5 Å². The number of nitrogens with two attached hydrogens (primary N) is 1. The molecule has 0 saturated heterocycles. The molecule has 2 aromatic heterocycles. The predicted molar refractivity (Wildman–Crippen MR) is 96.8 cm³/mol. The van der Waals surface area contributed by atoms with Gasteiger partial charge in [0, 0.05) is 20.0 Å². The SMILES string of the molecule is NCCCSCc1cc2sc(S(=O)(=O)NCP(=O)(O)O)cc2s1. The Hall–Kier alpha value is 0.0300. The zero-order chi connectivity index (χ0) is 17.1.